The highest BCUT2D eigenvalue weighted by atomic mass is 19.4. The van der Waals surface area contributed by atoms with Gasteiger partial charge >= 0.3 is 18.3 Å². The molecular formula is C18H18F8O. The van der Waals surface area contributed by atoms with Crippen LogP contribution in [-0.2, 0) is 10.8 Å². The summed E-state index contributed by atoms with van der Waals surface area (Å²) < 4.78 is 108. The Labute approximate surface area is 150 Å². The Morgan fingerprint density at radius 2 is 1.41 bits per heavy atom. The minimum Gasteiger partial charge on any atom is -0.508 e. The number of rotatable bonds is 4. The van der Waals surface area contributed by atoms with Gasteiger partial charge in [-0.15, -0.1) is 0 Å². The molecule has 2 saturated carbocycles. The monoisotopic (exact) mass is 402 g/mol. The molecule has 1 aromatic rings. The number of benzene rings is 1. The summed E-state index contributed by atoms with van der Waals surface area (Å²) in [5.74, 6) is -6.22. The van der Waals surface area contributed by atoms with Crippen LogP contribution < -0.4 is 0 Å². The van der Waals surface area contributed by atoms with E-state index in [1.807, 2.05) is 0 Å². The van der Waals surface area contributed by atoms with Crippen LogP contribution in [0.25, 0.3) is 0 Å². The van der Waals surface area contributed by atoms with Gasteiger partial charge in [0.05, 0.1) is 10.8 Å². The van der Waals surface area contributed by atoms with Gasteiger partial charge < -0.3 is 5.11 Å². The van der Waals surface area contributed by atoms with E-state index in [9.17, 15) is 40.2 Å². The maximum atomic E-state index is 14.1. The molecule has 0 spiro atoms. The van der Waals surface area contributed by atoms with Crippen LogP contribution in [0.3, 0.4) is 0 Å². The number of phenols is 1. The van der Waals surface area contributed by atoms with Crippen molar-refractivity contribution in [2.24, 2.45) is 0 Å². The van der Waals surface area contributed by atoms with Crippen molar-refractivity contribution in [3.05, 3.63) is 28.8 Å². The molecular weight excluding hydrogens is 384 g/mol. The van der Waals surface area contributed by atoms with Crippen molar-refractivity contribution >= 4 is 0 Å². The van der Waals surface area contributed by atoms with E-state index in [-0.39, 0.29) is 17.0 Å². The van der Waals surface area contributed by atoms with Gasteiger partial charge in [0.2, 0.25) is 0 Å². The van der Waals surface area contributed by atoms with Crippen LogP contribution in [-0.4, -0.2) is 23.4 Å². The molecule has 0 heterocycles. The molecule has 0 amide bonds. The summed E-state index contributed by atoms with van der Waals surface area (Å²) in [6.07, 6.45) is -10.6. The maximum absolute atomic E-state index is 14.1. The van der Waals surface area contributed by atoms with Crippen LogP contribution in [0.2, 0.25) is 0 Å². The average Bonchev–Trinajstić information content (AvgIpc) is 3.36. The van der Waals surface area contributed by atoms with Gasteiger partial charge in [0.25, 0.3) is 0 Å². The fraction of sp³-hybridized carbons (Fsp3) is 0.667. The molecule has 2 aliphatic carbocycles. The molecule has 0 unspecified atom stereocenters. The predicted molar refractivity (Wildman–Crippen MR) is 81.1 cm³/mol. The van der Waals surface area contributed by atoms with E-state index >= 15 is 0 Å². The maximum Gasteiger partial charge on any atom is 0.454 e. The van der Waals surface area contributed by atoms with Crippen molar-refractivity contribution in [3.63, 3.8) is 0 Å². The van der Waals surface area contributed by atoms with Gasteiger partial charge in [0, 0.05) is 5.56 Å². The van der Waals surface area contributed by atoms with Crippen molar-refractivity contribution in [2.45, 2.75) is 74.6 Å². The largest absolute Gasteiger partial charge is 0.508 e. The second-order valence-corrected chi connectivity index (χ2v) is 8.01. The van der Waals surface area contributed by atoms with Gasteiger partial charge in [-0.05, 0) is 62.6 Å². The Morgan fingerprint density at radius 3 is 1.78 bits per heavy atom. The topological polar surface area (TPSA) is 20.2 Å². The zero-order chi connectivity index (χ0) is 20.6. The zero-order valence-electron chi connectivity index (χ0n) is 14.5. The quantitative estimate of drug-likeness (QED) is 0.583. The van der Waals surface area contributed by atoms with E-state index in [4.69, 9.17) is 0 Å². The molecule has 9 heteroatoms. The van der Waals surface area contributed by atoms with Crippen LogP contribution in [0.15, 0.2) is 12.1 Å². The highest BCUT2D eigenvalue weighted by Gasteiger charge is 2.76. The smallest absolute Gasteiger partial charge is 0.454 e. The first-order chi connectivity index (χ1) is 12.1. The van der Waals surface area contributed by atoms with E-state index in [0.29, 0.717) is 12.8 Å². The van der Waals surface area contributed by atoms with Crippen molar-refractivity contribution in [2.75, 3.05) is 0 Å². The molecule has 2 fully saturated rings. The van der Waals surface area contributed by atoms with E-state index in [1.54, 1.807) is 0 Å². The molecule has 0 atom stereocenters. The van der Waals surface area contributed by atoms with Gasteiger partial charge in [-0.3, -0.25) is 0 Å². The van der Waals surface area contributed by atoms with Gasteiger partial charge in [-0.25, -0.2) is 0 Å². The first-order valence-corrected chi connectivity index (χ1v) is 8.45. The summed E-state index contributed by atoms with van der Waals surface area (Å²) in [7, 11) is 0. The number of alkyl halides is 8. The first kappa shape index (κ1) is 20.2. The summed E-state index contributed by atoms with van der Waals surface area (Å²) in [5, 5.41) is 10.2. The fourth-order valence-electron chi connectivity index (χ4n) is 3.56. The third-order valence-corrected chi connectivity index (χ3v) is 5.79. The Bertz CT molecular complexity index is 752. The molecule has 0 aliphatic heterocycles. The lowest BCUT2D eigenvalue weighted by molar-refractivity contribution is -0.296. The Morgan fingerprint density at radius 1 is 0.889 bits per heavy atom. The molecule has 3 rings (SSSR count). The van der Waals surface area contributed by atoms with E-state index in [0.717, 1.165) is 26.0 Å². The molecule has 0 bridgehead atoms. The summed E-state index contributed by atoms with van der Waals surface area (Å²) in [4.78, 5) is 0. The average molecular weight is 402 g/mol. The fourth-order valence-corrected chi connectivity index (χ4v) is 3.56. The Balaban J connectivity index is 2.21. The van der Waals surface area contributed by atoms with Gasteiger partial charge in [-0.2, -0.15) is 35.1 Å². The minimum absolute atomic E-state index is 0.157. The van der Waals surface area contributed by atoms with Crippen molar-refractivity contribution in [3.8, 4) is 5.75 Å². The van der Waals surface area contributed by atoms with Crippen LogP contribution in [0.4, 0.5) is 35.1 Å². The van der Waals surface area contributed by atoms with E-state index < -0.39 is 53.3 Å². The molecule has 0 aromatic heterocycles. The van der Waals surface area contributed by atoms with Crippen molar-refractivity contribution in [1.82, 2.24) is 0 Å². The minimum atomic E-state index is -5.87. The summed E-state index contributed by atoms with van der Waals surface area (Å²) >= 11 is 0. The van der Waals surface area contributed by atoms with Crippen LogP contribution >= 0.6 is 0 Å². The predicted octanol–water partition coefficient (Wildman–Crippen LogP) is 6.34. The van der Waals surface area contributed by atoms with Crippen molar-refractivity contribution < 1.29 is 40.2 Å². The molecule has 0 saturated heterocycles. The second-order valence-electron chi connectivity index (χ2n) is 8.01. The standard InChI is InChI=1S/C18H18F8O/c1-14(2,17(21,22)23)11-8-12(13(27)7-10(11)9-3-4-9)15(5-6-15)16(19,20)18(24,25)26/h7-9,27H,3-6H2,1-2H3. The zero-order valence-corrected chi connectivity index (χ0v) is 14.5. The molecule has 27 heavy (non-hydrogen) atoms. The molecule has 1 nitrogen and oxygen atoms in total. The van der Waals surface area contributed by atoms with Crippen LogP contribution in [0.5, 0.6) is 5.75 Å². The Hall–Kier alpha value is -1.54. The molecule has 1 aromatic carbocycles. The number of hydrogen-bond donors (Lipinski definition) is 1. The lowest BCUT2D eigenvalue weighted by Gasteiger charge is -2.34. The third-order valence-electron chi connectivity index (χ3n) is 5.79. The number of hydrogen-bond acceptors (Lipinski definition) is 1. The van der Waals surface area contributed by atoms with Gasteiger partial charge in [0.1, 0.15) is 5.75 Å². The molecule has 2 aliphatic rings. The normalized spacial score (nSPS) is 20.7. The number of phenolic OH excluding ortho intramolecular Hbond substituents is 1. The lowest BCUT2D eigenvalue weighted by atomic mass is 9.76. The SMILES string of the molecule is CC(C)(c1cc(C2(C(F)(F)C(F)(F)F)CC2)c(O)cc1C1CC1)C(F)(F)F. The highest BCUT2D eigenvalue weighted by Crippen LogP contribution is 2.65. The summed E-state index contributed by atoms with van der Waals surface area (Å²) in [6.45, 7) is 1.72. The van der Waals surface area contributed by atoms with Crippen LogP contribution in [0.1, 0.15) is 62.1 Å². The van der Waals surface area contributed by atoms with E-state index in [2.05, 4.69) is 0 Å². The number of halogens is 8. The Kier molecular flexibility index (Phi) is 4.12. The number of aromatic hydroxyl groups is 1. The van der Waals surface area contributed by atoms with Gasteiger partial charge in [-0.1, -0.05) is 6.07 Å². The third kappa shape index (κ3) is 2.88. The second kappa shape index (κ2) is 5.50. The first-order valence-electron chi connectivity index (χ1n) is 8.45. The highest BCUT2D eigenvalue weighted by molar-refractivity contribution is 5.54. The summed E-state index contributed by atoms with van der Waals surface area (Å²) in [5.41, 5.74) is -6.15. The molecule has 0 radical (unpaired) electrons. The van der Waals surface area contributed by atoms with Crippen molar-refractivity contribution in [1.29, 1.82) is 0 Å². The van der Waals surface area contributed by atoms with E-state index in [1.165, 1.54) is 0 Å². The van der Waals surface area contributed by atoms with Gasteiger partial charge in [0.15, 0.2) is 0 Å². The molecule has 1 N–H and O–H groups in total. The summed E-state index contributed by atoms with van der Waals surface area (Å²) in [6, 6.07) is 1.67. The van der Waals surface area contributed by atoms with Crippen LogP contribution in [0, 0.1) is 0 Å². The lowest BCUT2D eigenvalue weighted by Crippen LogP contribution is -2.47. The molecule has 152 valence electrons.